The Bertz CT molecular complexity index is 464. The summed E-state index contributed by atoms with van der Waals surface area (Å²) < 4.78 is 18.7. The van der Waals surface area contributed by atoms with Crippen LogP contribution in [0.3, 0.4) is 0 Å². The minimum absolute atomic E-state index is 0.125. The Morgan fingerprint density at radius 1 is 1.59 bits per heavy atom. The van der Waals surface area contributed by atoms with Gasteiger partial charge in [-0.1, -0.05) is 12.6 Å². The van der Waals surface area contributed by atoms with Crippen LogP contribution in [-0.2, 0) is 4.79 Å². The highest BCUT2D eigenvalue weighted by atomic mass is 19.1. The smallest absolute Gasteiger partial charge is 0.328 e. The molecule has 0 saturated heterocycles. The van der Waals surface area contributed by atoms with Crippen LogP contribution < -0.4 is 4.74 Å². The zero-order valence-electron chi connectivity index (χ0n) is 9.44. The maximum atomic E-state index is 13.5. The van der Waals surface area contributed by atoms with Crippen LogP contribution in [0.2, 0.25) is 0 Å². The Morgan fingerprint density at radius 2 is 2.29 bits per heavy atom. The second-order valence-electron chi connectivity index (χ2n) is 3.61. The Kier molecular flexibility index (Phi) is 4.46. The number of aliphatic carboxylic acids is 1. The van der Waals surface area contributed by atoms with Crippen molar-refractivity contribution in [3.05, 3.63) is 47.8 Å². The number of rotatable bonds is 5. The van der Waals surface area contributed by atoms with Crippen LogP contribution in [0.1, 0.15) is 12.5 Å². The minimum Gasteiger partial charge on any atom is -0.486 e. The van der Waals surface area contributed by atoms with E-state index in [1.54, 1.807) is 13.0 Å². The lowest BCUT2D eigenvalue weighted by Crippen LogP contribution is -1.99. The number of hydrogen-bond acceptors (Lipinski definition) is 2. The van der Waals surface area contributed by atoms with Crippen molar-refractivity contribution in [2.24, 2.45) is 0 Å². The molecule has 0 aliphatic rings. The van der Waals surface area contributed by atoms with Gasteiger partial charge >= 0.3 is 5.97 Å². The molecule has 0 spiro atoms. The van der Waals surface area contributed by atoms with Gasteiger partial charge in [-0.25, -0.2) is 9.18 Å². The van der Waals surface area contributed by atoms with Gasteiger partial charge in [0.25, 0.3) is 0 Å². The van der Waals surface area contributed by atoms with Gasteiger partial charge in [0, 0.05) is 6.08 Å². The molecule has 0 unspecified atom stereocenters. The predicted octanol–water partition coefficient (Wildman–Crippen LogP) is 2.88. The molecule has 1 aromatic carbocycles. The molecular formula is C13H13FO3. The molecule has 90 valence electrons. The van der Waals surface area contributed by atoms with Crippen molar-refractivity contribution in [3.8, 4) is 5.75 Å². The number of halogens is 1. The van der Waals surface area contributed by atoms with E-state index < -0.39 is 11.8 Å². The molecule has 0 radical (unpaired) electrons. The molecule has 0 aromatic heterocycles. The van der Waals surface area contributed by atoms with Crippen molar-refractivity contribution in [2.75, 3.05) is 6.61 Å². The largest absolute Gasteiger partial charge is 0.486 e. The molecule has 0 bridgehead atoms. The van der Waals surface area contributed by atoms with Crippen LogP contribution in [-0.4, -0.2) is 17.7 Å². The van der Waals surface area contributed by atoms with Crippen LogP contribution in [0.4, 0.5) is 4.39 Å². The lowest BCUT2D eigenvalue weighted by atomic mass is 10.2. The summed E-state index contributed by atoms with van der Waals surface area (Å²) in [6.45, 7) is 5.67. The summed E-state index contributed by atoms with van der Waals surface area (Å²) in [5, 5.41) is 8.43. The van der Waals surface area contributed by atoms with Gasteiger partial charge in [-0.3, -0.25) is 0 Å². The van der Waals surface area contributed by atoms with Gasteiger partial charge in [0.2, 0.25) is 0 Å². The number of hydrogen-bond donors (Lipinski definition) is 1. The lowest BCUT2D eigenvalue weighted by Gasteiger charge is -2.07. The molecule has 0 heterocycles. The van der Waals surface area contributed by atoms with E-state index in [2.05, 4.69) is 6.58 Å². The summed E-state index contributed by atoms with van der Waals surface area (Å²) >= 11 is 0. The summed E-state index contributed by atoms with van der Waals surface area (Å²) in [5.74, 6) is -1.48. The highest BCUT2D eigenvalue weighted by Crippen LogP contribution is 2.19. The molecule has 1 N–H and O–H groups in total. The van der Waals surface area contributed by atoms with Gasteiger partial charge in [-0.15, -0.1) is 0 Å². The molecular weight excluding hydrogens is 223 g/mol. The van der Waals surface area contributed by atoms with Crippen molar-refractivity contribution < 1.29 is 19.0 Å². The van der Waals surface area contributed by atoms with Gasteiger partial charge in [0.1, 0.15) is 6.61 Å². The standard InChI is InChI=1S/C13H13FO3/c1-9(2)8-17-12-5-3-10(7-11(12)14)4-6-13(15)16/h3-7H,1,8H2,2H3,(H,15,16)/b6-4+. The Morgan fingerprint density at radius 3 is 2.82 bits per heavy atom. The second kappa shape index (κ2) is 5.84. The predicted molar refractivity (Wildman–Crippen MR) is 63.4 cm³/mol. The van der Waals surface area contributed by atoms with Gasteiger partial charge in [0.15, 0.2) is 11.6 Å². The summed E-state index contributed by atoms with van der Waals surface area (Å²) in [5.41, 5.74) is 1.26. The first-order chi connectivity index (χ1) is 7.99. The molecule has 0 fully saturated rings. The van der Waals surface area contributed by atoms with E-state index in [1.165, 1.54) is 18.2 Å². The Labute approximate surface area is 98.8 Å². The first kappa shape index (κ1) is 13.0. The molecule has 1 rings (SSSR count). The van der Waals surface area contributed by atoms with E-state index in [9.17, 15) is 9.18 Å². The number of benzene rings is 1. The maximum absolute atomic E-state index is 13.5. The zero-order valence-corrected chi connectivity index (χ0v) is 9.44. The van der Waals surface area contributed by atoms with E-state index in [0.717, 1.165) is 11.6 Å². The van der Waals surface area contributed by atoms with Crippen LogP contribution in [0.25, 0.3) is 6.08 Å². The van der Waals surface area contributed by atoms with Crippen molar-refractivity contribution in [1.29, 1.82) is 0 Å². The molecule has 0 atom stereocenters. The van der Waals surface area contributed by atoms with E-state index in [-0.39, 0.29) is 12.4 Å². The fourth-order valence-corrected chi connectivity index (χ4v) is 1.11. The van der Waals surface area contributed by atoms with Crippen molar-refractivity contribution in [3.63, 3.8) is 0 Å². The zero-order chi connectivity index (χ0) is 12.8. The molecule has 0 aliphatic heterocycles. The molecule has 4 heteroatoms. The number of carboxylic acids is 1. The van der Waals surface area contributed by atoms with E-state index in [4.69, 9.17) is 9.84 Å². The third-order valence-corrected chi connectivity index (χ3v) is 1.85. The first-order valence-corrected chi connectivity index (χ1v) is 4.97. The van der Waals surface area contributed by atoms with Crippen molar-refractivity contribution >= 4 is 12.0 Å². The van der Waals surface area contributed by atoms with Crippen LogP contribution in [0.5, 0.6) is 5.75 Å². The van der Waals surface area contributed by atoms with Crippen LogP contribution in [0, 0.1) is 5.82 Å². The molecule has 17 heavy (non-hydrogen) atoms. The summed E-state index contributed by atoms with van der Waals surface area (Å²) in [6, 6.07) is 4.25. The summed E-state index contributed by atoms with van der Waals surface area (Å²) in [6.07, 6.45) is 2.26. The number of carbonyl (C=O) groups is 1. The lowest BCUT2D eigenvalue weighted by molar-refractivity contribution is -0.131. The maximum Gasteiger partial charge on any atom is 0.328 e. The monoisotopic (exact) mass is 236 g/mol. The van der Waals surface area contributed by atoms with E-state index >= 15 is 0 Å². The molecule has 0 amide bonds. The normalized spacial score (nSPS) is 10.5. The van der Waals surface area contributed by atoms with Gasteiger partial charge in [-0.05, 0) is 36.3 Å². The van der Waals surface area contributed by atoms with Crippen LogP contribution >= 0.6 is 0 Å². The van der Waals surface area contributed by atoms with Gasteiger partial charge in [-0.2, -0.15) is 0 Å². The molecule has 0 saturated carbocycles. The number of ether oxygens (including phenoxy) is 1. The molecule has 0 aliphatic carbocycles. The van der Waals surface area contributed by atoms with Gasteiger partial charge < -0.3 is 9.84 Å². The summed E-state index contributed by atoms with van der Waals surface area (Å²) in [7, 11) is 0. The Balaban J connectivity index is 2.79. The summed E-state index contributed by atoms with van der Waals surface area (Å²) in [4.78, 5) is 10.3. The SMILES string of the molecule is C=C(C)COc1ccc(/C=C/C(=O)O)cc1F. The number of carboxylic acid groups (broad SMARTS) is 1. The van der Waals surface area contributed by atoms with Gasteiger partial charge in [0.05, 0.1) is 0 Å². The topological polar surface area (TPSA) is 46.5 Å². The third kappa shape index (κ3) is 4.51. The molecule has 1 aromatic rings. The minimum atomic E-state index is -1.08. The van der Waals surface area contributed by atoms with E-state index in [0.29, 0.717) is 5.56 Å². The van der Waals surface area contributed by atoms with E-state index in [1.807, 2.05) is 0 Å². The third-order valence-electron chi connectivity index (χ3n) is 1.85. The van der Waals surface area contributed by atoms with Crippen molar-refractivity contribution in [2.45, 2.75) is 6.92 Å². The molecule has 3 nitrogen and oxygen atoms in total. The average molecular weight is 236 g/mol. The highest BCUT2D eigenvalue weighted by Gasteiger charge is 2.03. The second-order valence-corrected chi connectivity index (χ2v) is 3.61. The van der Waals surface area contributed by atoms with Crippen LogP contribution in [0.15, 0.2) is 36.4 Å². The fourth-order valence-electron chi connectivity index (χ4n) is 1.11. The average Bonchev–Trinajstić information content (AvgIpc) is 2.24. The fraction of sp³-hybridized carbons (Fsp3) is 0.154. The first-order valence-electron chi connectivity index (χ1n) is 4.97. The Hall–Kier alpha value is -2.10. The van der Waals surface area contributed by atoms with Crippen molar-refractivity contribution in [1.82, 2.24) is 0 Å². The quantitative estimate of drug-likeness (QED) is 0.631. The highest BCUT2D eigenvalue weighted by molar-refractivity contribution is 5.85.